The highest BCUT2D eigenvalue weighted by atomic mass is 32.2. The van der Waals surface area contributed by atoms with Gasteiger partial charge < -0.3 is 20.3 Å². The summed E-state index contributed by atoms with van der Waals surface area (Å²) in [5.41, 5.74) is 0.00957. The smallest absolute Gasteiger partial charge is 0.410 e. The van der Waals surface area contributed by atoms with Gasteiger partial charge >= 0.3 is 6.09 Å². The number of nitrogens with zero attached hydrogens (tertiary/aromatic N) is 2. The highest BCUT2D eigenvalue weighted by Crippen LogP contribution is 2.14. The summed E-state index contributed by atoms with van der Waals surface area (Å²) in [7, 11) is 0. The number of anilines is 1. The molecule has 1 aliphatic rings. The fourth-order valence-electron chi connectivity index (χ4n) is 2.97. The van der Waals surface area contributed by atoms with E-state index in [4.69, 9.17) is 4.74 Å². The fourth-order valence-corrected chi connectivity index (χ4v) is 3.68. The number of ether oxygens (including phenoxy) is 1. The number of carbonyl (C=O) groups excluding carboxylic acids is 3. The Labute approximate surface area is 193 Å². The molecule has 1 atom stereocenters. The van der Waals surface area contributed by atoms with Crippen LogP contribution in [0, 0.1) is 5.82 Å². The molecular formula is C22H33FN4O4S. The van der Waals surface area contributed by atoms with Gasteiger partial charge in [0.2, 0.25) is 11.8 Å². The summed E-state index contributed by atoms with van der Waals surface area (Å²) in [6, 6.07) is 5.52. The van der Waals surface area contributed by atoms with E-state index in [0.717, 1.165) is 13.1 Å². The van der Waals surface area contributed by atoms with Crippen molar-refractivity contribution < 1.29 is 23.5 Å². The first kappa shape index (κ1) is 25.9. The highest BCUT2D eigenvalue weighted by molar-refractivity contribution is 8.01. The maximum atomic E-state index is 12.9. The van der Waals surface area contributed by atoms with Crippen LogP contribution in [0.2, 0.25) is 0 Å². The number of benzene rings is 1. The molecule has 1 unspecified atom stereocenters. The Morgan fingerprint density at radius 3 is 2.34 bits per heavy atom. The summed E-state index contributed by atoms with van der Waals surface area (Å²) in [5.74, 6) is -0.618. The van der Waals surface area contributed by atoms with E-state index >= 15 is 0 Å². The maximum absolute atomic E-state index is 12.9. The van der Waals surface area contributed by atoms with E-state index in [0.29, 0.717) is 31.9 Å². The van der Waals surface area contributed by atoms with Crippen LogP contribution in [0.25, 0.3) is 0 Å². The minimum atomic E-state index is -0.505. The molecule has 32 heavy (non-hydrogen) atoms. The second kappa shape index (κ2) is 12.1. The third-order valence-corrected chi connectivity index (χ3v) is 5.86. The predicted octanol–water partition coefficient (Wildman–Crippen LogP) is 2.55. The number of halogens is 1. The maximum Gasteiger partial charge on any atom is 0.410 e. The molecule has 10 heteroatoms. The molecule has 0 spiro atoms. The Hall–Kier alpha value is -2.33. The van der Waals surface area contributed by atoms with Gasteiger partial charge in [-0.25, -0.2) is 9.18 Å². The first-order valence-electron chi connectivity index (χ1n) is 10.7. The summed E-state index contributed by atoms with van der Waals surface area (Å²) < 4.78 is 18.3. The third-order valence-electron chi connectivity index (χ3n) is 4.71. The SMILES string of the molecule is CC(SCC(=O)Nc1ccc(F)cc1)C(=O)NCCN1CCN(C(=O)OC(C)(C)C)CC1. The molecule has 1 aromatic carbocycles. The van der Waals surface area contributed by atoms with Gasteiger partial charge in [0.25, 0.3) is 0 Å². The average molecular weight is 469 g/mol. The predicted molar refractivity (Wildman–Crippen MR) is 124 cm³/mol. The fraction of sp³-hybridized carbons (Fsp3) is 0.591. The first-order valence-corrected chi connectivity index (χ1v) is 11.7. The summed E-state index contributed by atoms with van der Waals surface area (Å²) in [6.45, 7) is 11.1. The van der Waals surface area contributed by atoms with Crippen molar-refractivity contribution in [2.75, 3.05) is 50.3 Å². The van der Waals surface area contributed by atoms with Gasteiger partial charge in [0, 0.05) is 45.0 Å². The molecule has 8 nitrogen and oxygen atoms in total. The standard InChI is InChI=1S/C22H33FN4O4S/c1-16(32-15-19(28)25-18-7-5-17(23)6-8-18)20(29)24-9-10-26-11-13-27(14-12-26)21(30)31-22(2,3)4/h5-8,16H,9-15H2,1-4H3,(H,24,29)(H,25,28). The molecule has 1 aromatic rings. The number of carbonyl (C=O) groups is 3. The summed E-state index contributed by atoms with van der Waals surface area (Å²) in [4.78, 5) is 40.3. The van der Waals surface area contributed by atoms with Gasteiger partial charge in [-0.05, 0) is 52.0 Å². The molecule has 2 N–H and O–H groups in total. The Morgan fingerprint density at radius 2 is 1.75 bits per heavy atom. The van der Waals surface area contributed by atoms with E-state index in [9.17, 15) is 18.8 Å². The Morgan fingerprint density at radius 1 is 1.12 bits per heavy atom. The van der Waals surface area contributed by atoms with Gasteiger partial charge in [0.1, 0.15) is 11.4 Å². The molecule has 1 saturated heterocycles. The number of hydrogen-bond acceptors (Lipinski definition) is 6. The molecule has 1 heterocycles. The van der Waals surface area contributed by atoms with E-state index in [1.54, 1.807) is 11.8 Å². The lowest BCUT2D eigenvalue weighted by atomic mass is 10.2. The number of rotatable bonds is 8. The Kier molecular flexibility index (Phi) is 9.77. The molecule has 0 aromatic heterocycles. The van der Waals surface area contributed by atoms with Gasteiger partial charge in [-0.2, -0.15) is 0 Å². The van der Waals surface area contributed by atoms with Crippen LogP contribution in [0.3, 0.4) is 0 Å². The van der Waals surface area contributed by atoms with E-state index < -0.39 is 5.60 Å². The third kappa shape index (κ3) is 9.44. The molecule has 0 radical (unpaired) electrons. The molecule has 3 amide bonds. The quantitative estimate of drug-likeness (QED) is 0.609. The van der Waals surface area contributed by atoms with E-state index in [1.807, 2.05) is 20.8 Å². The minimum Gasteiger partial charge on any atom is -0.444 e. The number of piperazine rings is 1. The van der Waals surface area contributed by atoms with Gasteiger partial charge in [-0.15, -0.1) is 11.8 Å². The summed E-state index contributed by atoms with van der Waals surface area (Å²) in [5, 5.41) is 5.19. The van der Waals surface area contributed by atoms with Crippen LogP contribution in [0.5, 0.6) is 0 Å². The van der Waals surface area contributed by atoms with Crippen LogP contribution in [0.15, 0.2) is 24.3 Å². The number of nitrogens with one attached hydrogen (secondary N) is 2. The van der Waals surface area contributed by atoms with Crippen molar-refractivity contribution in [1.29, 1.82) is 0 Å². The summed E-state index contributed by atoms with van der Waals surface area (Å²) >= 11 is 1.24. The van der Waals surface area contributed by atoms with E-state index in [-0.39, 0.29) is 34.7 Å². The molecule has 2 rings (SSSR count). The molecule has 0 saturated carbocycles. The lowest BCUT2D eigenvalue weighted by Crippen LogP contribution is -2.51. The van der Waals surface area contributed by atoms with Crippen molar-refractivity contribution in [2.45, 2.75) is 38.5 Å². The number of thioether (sulfide) groups is 1. The van der Waals surface area contributed by atoms with Gasteiger partial charge in [0.05, 0.1) is 11.0 Å². The zero-order valence-electron chi connectivity index (χ0n) is 19.2. The zero-order valence-corrected chi connectivity index (χ0v) is 20.0. The van der Waals surface area contributed by atoms with Crippen LogP contribution < -0.4 is 10.6 Å². The van der Waals surface area contributed by atoms with Crippen LogP contribution in [-0.4, -0.2) is 83.6 Å². The topological polar surface area (TPSA) is 91.0 Å². The molecule has 178 valence electrons. The lowest BCUT2D eigenvalue weighted by Gasteiger charge is -2.35. The molecular weight excluding hydrogens is 435 g/mol. The normalized spacial score (nSPS) is 15.7. The van der Waals surface area contributed by atoms with Crippen LogP contribution in [0.4, 0.5) is 14.9 Å². The van der Waals surface area contributed by atoms with Crippen molar-refractivity contribution in [1.82, 2.24) is 15.1 Å². The van der Waals surface area contributed by atoms with Crippen molar-refractivity contribution >= 4 is 35.4 Å². The van der Waals surface area contributed by atoms with Gasteiger partial charge in [-0.1, -0.05) is 0 Å². The van der Waals surface area contributed by atoms with Crippen molar-refractivity contribution in [3.8, 4) is 0 Å². The Balaban J connectivity index is 1.60. The van der Waals surface area contributed by atoms with Crippen LogP contribution in [-0.2, 0) is 14.3 Å². The lowest BCUT2D eigenvalue weighted by molar-refractivity contribution is -0.120. The van der Waals surface area contributed by atoms with E-state index in [2.05, 4.69) is 15.5 Å². The van der Waals surface area contributed by atoms with E-state index in [1.165, 1.54) is 36.0 Å². The monoisotopic (exact) mass is 468 g/mol. The molecule has 0 bridgehead atoms. The number of amides is 3. The van der Waals surface area contributed by atoms with Crippen molar-refractivity contribution in [3.63, 3.8) is 0 Å². The van der Waals surface area contributed by atoms with Crippen molar-refractivity contribution in [2.24, 2.45) is 0 Å². The van der Waals surface area contributed by atoms with Crippen LogP contribution in [0.1, 0.15) is 27.7 Å². The minimum absolute atomic E-state index is 0.124. The second-order valence-electron chi connectivity index (χ2n) is 8.61. The molecule has 0 aliphatic carbocycles. The zero-order chi connectivity index (χ0) is 23.7. The Bertz CT molecular complexity index is 777. The summed E-state index contributed by atoms with van der Waals surface area (Å²) in [6.07, 6.45) is -0.292. The van der Waals surface area contributed by atoms with Gasteiger partial charge in [0.15, 0.2) is 0 Å². The highest BCUT2D eigenvalue weighted by Gasteiger charge is 2.25. The molecule has 1 fully saturated rings. The molecule has 1 aliphatic heterocycles. The average Bonchev–Trinajstić information content (AvgIpc) is 2.72. The van der Waals surface area contributed by atoms with Crippen molar-refractivity contribution in [3.05, 3.63) is 30.1 Å². The van der Waals surface area contributed by atoms with Crippen LogP contribution >= 0.6 is 11.8 Å². The second-order valence-corrected chi connectivity index (χ2v) is 9.94. The largest absolute Gasteiger partial charge is 0.444 e. The number of hydrogen-bond donors (Lipinski definition) is 2. The van der Waals surface area contributed by atoms with Gasteiger partial charge in [-0.3, -0.25) is 14.5 Å². The first-order chi connectivity index (χ1) is 15.0.